The molecule has 22 heavy (non-hydrogen) atoms. The summed E-state index contributed by atoms with van der Waals surface area (Å²) in [6, 6.07) is 5.77. The Labute approximate surface area is 127 Å². The zero-order chi connectivity index (χ0) is 16.1. The Morgan fingerprint density at radius 3 is 2.73 bits per heavy atom. The molecule has 0 aliphatic carbocycles. The van der Waals surface area contributed by atoms with Gasteiger partial charge in [0.15, 0.2) is 5.82 Å². The lowest BCUT2D eigenvalue weighted by molar-refractivity contribution is -0.116. The predicted octanol–water partition coefficient (Wildman–Crippen LogP) is 1.71. The van der Waals surface area contributed by atoms with E-state index in [0.717, 1.165) is 16.8 Å². The topological polar surface area (TPSA) is 98.1 Å². The fraction of sp³-hybridized carbons (Fsp3) is 0.286. The average Bonchev–Trinajstić information content (AvgIpc) is 2.88. The Morgan fingerprint density at radius 1 is 1.27 bits per heavy atom. The van der Waals surface area contributed by atoms with Gasteiger partial charge in [-0.15, -0.1) is 5.10 Å². The molecule has 0 unspecified atom stereocenters. The number of hydrogen-bond acceptors (Lipinski definition) is 5. The maximum atomic E-state index is 12.0. The third-order valence-corrected chi connectivity index (χ3v) is 2.92. The zero-order valence-corrected chi connectivity index (χ0v) is 12.6. The number of ether oxygens (including phenoxy) is 1. The predicted molar refractivity (Wildman–Crippen MR) is 80.6 cm³/mol. The van der Waals surface area contributed by atoms with Crippen LogP contribution in [0.1, 0.15) is 11.1 Å². The van der Waals surface area contributed by atoms with Crippen molar-refractivity contribution in [1.82, 2.24) is 15.0 Å². The number of anilines is 2. The van der Waals surface area contributed by atoms with Gasteiger partial charge < -0.3 is 10.1 Å². The maximum absolute atomic E-state index is 12.0. The maximum Gasteiger partial charge on any atom is 0.412 e. The number of benzene rings is 1. The molecule has 0 radical (unpaired) electrons. The van der Waals surface area contributed by atoms with Crippen LogP contribution in [0.5, 0.6) is 0 Å². The van der Waals surface area contributed by atoms with Crippen molar-refractivity contribution in [2.24, 2.45) is 0 Å². The monoisotopic (exact) mass is 303 g/mol. The van der Waals surface area contributed by atoms with Crippen LogP contribution in [-0.4, -0.2) is 34.1 Å². The van der Waals surface area contributed by atoms with Gasteiger partial charge in [-0.05, 0) is 25.5 Å². The molecular formula is C14H17N5O3. The molecule has 8 nitrogen and oxygen atoms in total. The second-order valence-corrected chi connectivity index (χ2v) is 4.78. The molecule has 1 aromatic heterocycles. The molecule has 1 aromatic carbocycles. The van der Waals surface area contributed by atoms with Gasteiger partial charge in [0.25, 0.3) is 0 Å². The third-order valence-electron chi connectivity index (χ3n) is 2.92. The standard InChI is InChI=1S/C14H17N5O3/c1-9-4-5-11(10(2)6-9)15-13(20)8-19-7-12(17-18-19)16-14(21)22-3/h4-7H,8H2,1-3H3,(H,15,20)(H,16,21). The molecule has 0 saturated carbocycles. The number of aryl methyl sites for hydroxylation is 2. The van der Waals surface area contributed by atoms with Gasteiger partial charge in [-0.3, -0.25) is 10.1 Å². The quantitative estimate of drug-likeness (QED) is 0.896. The fourth-order valence-electron chi connectivity index (χ4n) is 1.88. The molecule has 116 valence electrons. The Kier molecular flexibility index (Phi) is 4.72. The first-order valence-electron chi connectivity index (χ1n) is 6.60. The lowest BCUT2D eigenvalue weighted by Gasteiger charge is -2.08. The summed E-state index contributed by atoms with van der Waals surface area (Å²) in [7, 11) is 1.25. The number of methoxy groups -OCH3 is 1. The number of rotatable bonds is 4. The molecular weight excluding hydrogens is 286 g/mol. The Balaban J connectivity index is 1.96. The summed E-state index contributed by atoms with van der Waals surface area (Å²) in [5.41, 5.74) is 2.87. The van der Waals surface area contributed by atoms with Gasteiger partial charge in [0.05, 0.1) is 13.3 Å². The van der Waals surface area contributed by atoms with E-state index in [9.17, 15) is 9.59 Å². The number of hydrogen-bond donors (Lipinski definition) is 2. The highest BCUT2D eigenvalue weighted by Gasteiger charge is 2.09. The Bertz CT molecular complexity index is 696. The fourth-order valence-corrected chi connectivity index (χ4v) is 1.88. The lowest BCUT2D eigenvalue weighted by Crippen LogP contribution is -2.19. The van der Waals surface area contributed by atoms with Crippen molar-refractivity contribution in [2.45, 2.75) is 20.4 Å². The number of aromatic nitrogens is 3. The van der Waals surface area contributed by atoms with Gasteiger partial charge in [0.2, 0.25) is 5.91 Å². The van der Waals surface area contributed by atoms with Crippen LogP contribution in [0.2, 0.25) is 0 Å². The molecule has 0 bridgehead atoms. The number of nitrogens with zero attached hydrogens (tertiary/aromatic N) is 3. The molecule has 2 aromatic rings. The van der Waals surface area contributed by atoms with Gasteiger partial charge in [0.1, 0.15) is 6.54 Å². The van der Waals surface area contributed by atoms with Crippen molar-refractivity contribution < 1.29 is 14.3 Å². The van der Waals surface area contributed by atoms with Gasteiger partial charge in [0, 0.05) is 5.69 Å². The van der Waals surface area contributed by atoms with E-state index in [4.69, 9.17) is 0 Å². The van der Waals surface area contributed by atoms with E-state index in [1.54, 1.807) is 0 Å². The summed E-state index contributed by atoms with van der Waals surface area (Å²) in [4.78, 5) is 23.0. The summed E-state index contributed by atoms with van der Waals surface area (Å²) in [6.45, 7) is 3.91. The largest absolute Gasteiger partial charge is 0.453 e. The molecule has 0 atom stereocenters. The van der Waals surface area contributed by atoms with Crippen molar-refractivity contribution in [3.05, 3.63) is 35.5 Å². The van der Waals surface area contributed by atoms with Crippen LogP contribution < -0.4 is 10.6 Å². The SMILES string of the molecule is COC(=O)Nc1cn(CC(=O)Nc2ccc(C)cc2C)nn1. The third kappa shape index (κ3) is 4.05. The van der Waals surface area contributed by atoms with Crippen molar-refractivity contribution in [3.63, 3.8) is 0 Å². The van der Waals surface area contributed by atoms with E-state index in [-0.39, 0.29) is 18.3 Å². The van der Waals surface area contributed by atoms with Crippen LogP contribution in [0.4, 0.5) is 16.3 Å². The summed E-state index contributed by atoms with van der Waals surface area (Å²) in [5, 5.41) is 12.6. The zero-order valence-electron chi connectivity index (χ0n) is 12.6. The van der Waals surface area contributed by atoms with Crippen LogP contribution in [-0.2, 0) is 16.1 Å². The van der Waals surface area contributed by atoms with E-state index < -0.39 is 6.09 Å². The van der Waals surface area contributed by atoms with Crippen molar-refractivity contribution in [3.8, 4) is 0 Å². The van der Waals surface area contributed by atoms with Crippen LogP contribution in [0.25, 0.3) is 0 Å². The van der Waals surface area contributed by atoms with Crippen LogP contribution in [0.15, 0.2) is 24.4 Å². The van der Waals surface area contributed by atoms with Crippen LogP contribution >= 0.6 is 0 Å². The Hall–Kier alpha value is -2.90. The summed E-state index contributed by atoms with van der Waals surface area (Å²) in [5.74, 6) is -0.0207. The molecule has 0 aliphatic heterocycles. The highest BCUT2D eigenvalue weighted by molar-refractivity contribution is 5.91. The van der Waals surface area contributed by atoms with Crippen LogP contribution in [0, 0.1) is 13.8 Å². The summed E-state index contributed by atoms with van der Waals surface area (Å²) < 4.78 is 5.76. The molecule has 2 N–H and O–H groups in total. The molecule has 2 amide bonds. The second kappa shape index (κ2) is 6.70. The van der Waals surface area contributed by atoms with E-state index in [0.29, 0.717) is 0 Å². The number of carbonyl (C=O) groups excluding carboxylic acids is 2. The normalized spacial score (nSPS) is 10.1. The first-order chi connectivity index (χ1) is 10.5. The van der Waals surface area contributed by atoms with E-state index >= 15 is 0 Å². The van der Waals surface area contributed by atoms with E-state index in [1.807, 2.05) is 32.0 Å². The second-order valence-electron chi connectivity index (χ2n) is 4.78. The van der Waals surface area contributed by atoms with Gasteiger partial charge >= 0.3 is 6.09 Å². The highest BCUT2D eigenvalue weighted by atomic mass is 16.5. The minimum Gasteiger partial charge on any atom is -0.453 e. The van der Waals surface area contributed by atoms with Gasteiger partial charge in [-0.1, -0.05) is 22.9 Å². The van der Waals surface area contributed by atoms with Crippen molar-refractivity contribution >= 4 is 23.5 Å². The van der Waals surface area contributed by atoms with Gasteiger partial charge in [-0.2, -0.15) is 0 Å². The Morgan fingerprint density at radius 2 is 2.05 bits per heavy atom. The summed E-state index contributed by atoms with van der Waals surface area (Å²) in [6.07, 6.45) is 0.796. The van der Waals surface area contributed by atoms with E-state index in [2.05, 4.69) is 25.7 Å². The summed E-state index contributed by atoms with van der Waals surface area (Å²) >= 11 is 0. The smallest absolute Gasteiger partial charge is 0.412 e. The van der Waals surface area contributed by atoms with Gasteiger partial charge in [-0.25, -0.2) is 9.48 Å². The number of nitrogens with one attached hydrogen (secondary N) is 2. The average molecular weight is 303 g/mol. The molecule has 0 aliphatic rings. The molecule has 0 saturated heterocycles. The lowest BCUT2D eigenvalue weighted by atomic mass is 10.1. The molecule has 1 heterocycles. The minimum atomic E-state index is -0.646. The first kappa shape index (κ1) is 15.5. The molecule has 8 heteroatoms. The van der Waals surface area contributed by atoms with Crippen molar-refractivity contribution in [1.29, 1.82) is 0 Å². The van der Waals surface area contributed by atoms with Crippen molar-refractivity contribution in [2.75, 3.05) is 17.7 Å². The highest BCUT2D eigenvalue weighted by Crippen LogP contribution is 2.16. The molecule has 0 fully saturated rings. The molecule has 2 rings (SSSR count). The number of carbonyl (C=O) groups is 2. The molecule has 0 spiro atoms. The first-order valence-corrected chi connectivity index (χ1v) is 6.60. The number of amides is 2. The van der Waals surface area contributed by atoms with E-state index in [1.165, 1.54) is 18.0 Å². The van der Waals surface area contributed by atoms with Crippen LogP contribution in [0.3, 0.4) is 0 Å². The minimum absolute atomic E-state index is 0.0107.